The number of aromatic nitrogens is 2. The van der Waals surface area contributed by atoms with Crippen LogP contribution in [0.25, 0.3) is 11.3 Å². The second-order valence-electron chi connectivity index (χ2n) is 6.47. The summed E-state index contributed by atoms with van der Waals surface area (Å²) in [6, 6.07) is 10.2. The molecular formula is C19H18FN3O2. The highest BCUT2D eigenvalue weighted by Gasteiger charge is 2.32. The molecule has 0 aliphatic carbocycles. The molecule has 1 atom stereocenters. The summed E-state index contributed by atoms with van der Waals surface area (Å²) < 4.78 is 21.7. The Kier molecular flexibility index (Phi) is 3.67. The van der Waals surface area contributed by atoms with Crippen molar-refractivity contribution >= 4 is 11.7 Å². The summed E-state index contributed by atoms with van der Waals surface area (Å²) in [7, 11) is 0. The van der Waals surface area contributed by atoms with E-state index in [4.69, 9.17) is 4.42 Å². The maximum atomic E-state index is 14.0. The van der Waals surface area contributed by atoms with Gasteiger partial charge < -0.3 is 9.73 Å². The number of halogens is 1. The third-order valence-electron chi connectivity index (χ3n) is 4.45. The van der Waals surface area contributed by atoms with E-state index in [0.29, 0.717) is 22.9 Å². The number of hydrogen-bond donors (Lipinski definition) is 1. The standard InChI is InChI=1S/C19H18FN3O2/c1-11(2)23-19-14(10-21-23)13(9-18(24)22-19)17-8-7-16(25-17)12-5-3-4-6-15(12)20/h3-8,10-11,13H,9H2,1-2H3,(H,22,24)/t13-/m0/s1. The van der Waals surface area contributed by atoms with Crippen molar-refractivity contribution in [3.63, 3.8) is 0 Å². The highest BCUT2D eigenvalue weighted by molar-refractivity contribution is 5.94. The first-order valence-electron chi connectivity index (χ1n) is 8.26. The number of benzene rings is 1. The summed E-state index contributed by atoms with van der Waals surface area (Å²) in [6.07, 6.45) is 2.05. The van der Waals surface area contributed by atoms with E-state index in [1.165, 1.54) is 6.07 Å². The number of furan rings is 1. The summed E-state index contributed by atoms with van der Waals surface area (Å²) in [6.45, 7) is 4.01. The summed E-state index contributed by atoms with van der Waals surface area (Å²) in [5.74, 6) is 1.16. The minimum absolute atomic E-state index is 0.0799. The van der Waals surface area contributed by atoms with Crippen LogP contribution < -0.4 is 5.32 Å². The Balaban J connectivity index is 1.75. The van der Waals surface area contributed by atoms with E-state index in [1.54, 1.807) is 35.1 Å². The fourth-order valence-corrected chi connectivity index (χ4v) is 3.23. The van der Waals surface area contributed by atoms with E-state index in [0.717, 1.165) is 5.56 Å². The van der Waals surface area contributed by atoms with Crippen molar-refractivity contribution < 1.29 is 13.6 Å². The number of nitrogens with zero attached hydrogens (tertiary/aromatic N) is 2. The molecule has 3 heterocycles. The van der Waals surface area contributed by atoms with Crippen molar-refractivity contribution in [1.29, 1.82) is 0 Å². The number of carbonyl (C=O) groups excluding carboxylic acids is 1. The number of nitrogens with one attached hydrogen (secondary N) is 1. The molecule has 25 heavy (non-hydrogen) atoms. The molecule has 0 bridgehead atoms. The highest BCUT2D eigenvalue weighted by atomic mass is 19.1. The van der Waals surface area contributed by atoms with E-state index >= 15 is 0 Å². The van der Waals surface area contributed by atoms with Crippen molar-refractivity contribution in [2.45, 2.75) is 32.2 Å². The van der Waals surface area contributed by atoms with Gasteiger partial charge in [-0.15, -0.1) is 0 Å². The highest BCUT2D eigenvalue weighted by Crippen LogP contribution is 2.39. The van der Waals surface area contributed by atoms with Gasteiger partial charge in [0.05, 0.1) is 17.7 Å². The Morgan fingerprint density at radius 1 is 1.28 bits per heavy atom. The molecule has 1 aliphatic rings. The Morgan fingerprint density at radius 3 is 2.84 bits per heavy atom. The van der Waals surface area contributed by atoms with Crippen molar-refractivity contribution in [2.24, 2.45) is 0 Å². The average Bonchev–Trinajstić information content (AvgIpc) is 3.21. The third kappa shape index (κ3) is 2.63. The molecule has 0 spiro atoms. The fourth-order valence-electron chi connectivity index (χ4n) is 3.23. The van der Waals surface area contributed by atoms with Crippen LogP contribution in [-0.4, -0.2) is 15.7 Å². The van der Waals surface area contributed by atoms with Crippen LogP contribution in [0.2, 0.25) is 0 Å². The summed E-state index contributed by atoms with van der Waals surface area (Å²) in [5, 5.41) is 7.28. The first-order chi connectivity index (χ1) is 12.0. The molecule has 5 nitrogen and oxygen atoms in total. The lowest BCUT2D eigenvalue weighted by Gasteiger charge is -2.23. The van der Waals surface area contributed by atoms with Gasteiger partial charge >= 0.3 is 0 Å². The Bertz CT molecular complexity index is 942. The first kappa shape index (κ1) is 15.6. The van der Waals surface area contributed by atoms with Crippen molar-refractivity contribution in [2.75, 3.05) is 5.32 Å². The third-order valence-corrected chi connectivity index (χ3v) is 4.45. The SMILES string of the molecule is CC(C)n1ncc2c1NC(=O)C[C@@H]2c1ccc(-c2ccccc2F)o1. The normalized spacial score (nSPS) is 16.8. The zero-order valence-electron chi connectivity index (χ0n) is 14.0. The van der Waals surface area contributed by atoms with Crippen molar-refractivity contribution in [1.82, 2.24) is 9.78 Å². The second-order valence-corrected chi connectivity index (χ2v) is 6.47. The average molecular weight is 339 g/mol. The molecule has 0 saturated heterocycles. The summed E-state index contributed by atoms with van der Waals surface area (Å²) >= 11 is 0. The molecular weight excluding hydrogens is 321 g/mol. The molecule has 128 valence electrons. The zero-order valence-corrected chi connectivity index (χ0v) is 14.0. The van der Waals surface area contributed by atoms with E-state index < -0.39 is 0 Å². The molecule has 3 aromatic rings. The Labute approximate surface area is 144 Å². The quantitative estimate of drug-likeness (QED) is 0.772. The van der Waals surface area contributed by atoms with Crippen LogP contribution in [0.5, 0.6) is 0 Å². The predicted molar refractivity (Wildman–Crippen MR) is 91.8 cm³/mol. The molecule has 0 saturated carbocycles. The molecule has 2 aromatic heterocycles. The number of amides is 1. The number of carbonyl (C=O) groups is 1. The topological polar surface area (TPSA) is 60.1 Å². The lowest BCUT2D eigenvalue weighted by atomic mass is 9.92. The molecule has 0 unspecified atom stereocenters. The van der Waals surface area contributed by atoms with Gasteiger partial charge in [0, 0.05) is 18.0 Å². The first-order valence-corrected chi connectivity index (χ1v) is 8.26. The van der Waals surface area contributed by atoms with Gasteiger partial charge in [0.15, 0.2) is 0 Å². The van der Waals surface area contributed by atoms with Crippen LogP contribution in [0.15, 0.2) is 47.0 Å². The van der Waals surface area contributed by atoms with E-state index in [-0.39, 0.29) is 30.1 Å². The number of rotatable bonds is 3. The Morgan fingerprint density at radius 2 is 2.08 bits per heavy atom. The number of fused-ring (bicyclic) bond motifs is 1. The molecule has 0 fully saturated rings. The molecule has 1 aromatic carbocycles. The lowest BCUT2D eigenvalue weighted by molar-refractivity contribution is -0.116. The van der Waals surface area contributed by atoms with E-state index in [9.17, 15) is 9.18 Å². The molecule has 6 heteroatoms. The van der Waals surface area contributed by atoms with Gasteiger partial charge in [0.25, 0.3) is 0 Å². The summed E-state index contributed by atoms with van der Waals surface area (Å²) in [4.78, 5) is 12.2. The molecule has 1 amide bonds. The van der Waals surface area contributed by atoms with Crippen LogP contribution >= 0.6 is 0 Å². The summed E-state index contributed by atoms with van der Waals surface area (Å²) in [5.41, 5.74) is 1.33. The van der Waals surface area contributed by atoms with Gasteiger partial charge in [-0.05, 0) is 38.1 Å². The van der Waals surface area contributed by atoms with Gasteiger partial charge in [-0.2, -0.15) is 5.10 Å². The van der Waals surface area contributed by atoms with Crippen LogP contribution in [0.1, 0.15) is 43.6 Å². The smallest absolute Gasteiger partial charge is 0.226 e. The van der Waals surface area contributed by atoms with Gasteiger partial charge in [0.2, 0.25) is 5.91 Å². The minimum Gasteiger partial charge on any atom is -0.460 e. The maximum Gasteiger partial charge on any atom is 0.226 e. The fraction of sp³-hybridized carbons (Fsp3) is 0.263. The molecule has 0 radical (unpaired) electrons. The minimum atomic E-state index is -0.335. The predicted octanol–water partition coefficient (Wildman–Crippen LogP) is 4.34. The van der Waals surface area contributed by atoms with Gasteiger partial charge in [-0.3, -0.25) is 4.79 Å². The number of anilines is 1. The van der Waals surface area contributed by atoms with E-state index in [1.807, 2.05) is 19.9 Å². The zero-order chi connectivity index (χ0) is 17.6. The van der Waals surface area contributed by atoms with Crippen LogP contribution in [0.3, 0.4) is 0 Å². The van der Waals surface area contributed by atoms with Crippen LogP contribution in [-0.2, 0) is 4.79 Å². The monoisotopic (exact) mass is 339 g/mol. The molecule has 1 N–H and O–H groups in total. The van der Waals surface area contributed by atoms with Gasteiger partial charge in [-0.1, -0.05) is 12.1 Å². The molecule has 1 aliphatic heterocycles. The van der Waals surface area contributed by atoms with Crippen molar-refractivity contribution in [3.05, 3.63) is 59.7 Å². The van der Waals surface area contributed by atoms with Crippen LogP contribution in [0, 0.1) is 5.82 Å². The number of hydrogen-bond acceptors (Lipinski definition) is 3. The second kappa shape index (κ2) is 5.88. The Hall–Kier alpha value is -2.89. The van der Waals surface area contributed by atoms with Crippen molar-refractivity contribution in [3.8, 4) is 11.3 Å². The maximum absolute atomic E-state index is 14.0. The van der Waals surface area contributed by atoms with Gasteiger partial charge in [-0.25, -0.2) is 9.07 Å². The molecule has 4 rings (SSSR count). The van der Waals surface area contributed by atoms with Crippen LogP contribution in [0.4, 0.5) is 10.2 Å². The lowest BCUT2D eigenvalue weighted by Crippen LogP contribution is -2.25. The largest absolute Gasteiger partial charge is 0.460 e. The van der Waals surface area contributed by atoms with Gasteiger partial charge in [0.1, 0.15) is 23.2 Å². The van der Waals surface area contributed by atoms with E-state index in [2.05, 4.69) is 10.4 Å².